The van der Waals surface area contributed by atoms with Crippen molar-refractivity contribution < 1.29 is 14.6 Å². The highest BCUT2D eigenvalue weighted by atomic mass is 16.5. The average molecular weight is 282 g/mol. The third-order valence-electron chi connectivity index (χ3n) is 3.04. The van der Waals surface area contributed by atoms with Gasteiger partial charge in [-0.2, -0.15) is 0 Å². The monoisotopic (exact) mass is 282 g/mol. The predicted octanol–water partition coefficient (Wildman–Crippen LogP) is 1.45. The largest absolute Gasteiger partial charge is 0.494 e. The Labute approximate surface area is 121 Å². The molecule has 4 N–H and O–H groups in total. The summed E-state index contributed by atoms with van der Waals surface area (Å²) in [6.45, 7) is 5.71. The van der Waals surface area contributed by atoms with Crippen molar-refractivity contribution in [2.45, 2.75) is 32.4 Å². The van der Waals surface area contributed by atoms with Gasteiger partial charge in [0.25, 0.3) is 0 Å². The van der Waals surface area contributed by atoms with Crippen LogP contribution in [0.1, 0.15) is 31.9 Å². The number of aliphatic hydroxyl groups excluding tert-OH is 1. The van der Waals surface area contributed by atoms with Gasteiger partial charge in [-0.25, -0.2) is 0 Å². The molecule has 5 nitrogen and oxygen atoms in total. The molecule has 114 valence electrons. The fourth-order valence-corrected chi connectivity index (χ4v) is 2.00. The van der Waals surface area contributed by atoms with Gasteiger partial charge in [0.15, 0.2) is 0 Å². The molecule has 0 radical (unpaired) electrons. The zero-order valence-electron chi connectivity index (χ0n) is 12.6. The van der Waals surface area contributed by atoms with Gasteiger partial charge in [0.1, 0.15) is 11.5 Å². The van der Waals surface area contributed by atoms with Crippen LogP contribution in [0, 0.1) is 0 Å². The van der Waals surface area contributed by atoms with Gasteiger partial charge in [0.2, 0.25) is 0 Å². The second kappa shape index (κ2) is 8.79. The fraction of sp³-hybridized carbons (Fsp3) is 0.600. The number of aliphatic hydroxyl groups is 1. The molecule has 0 aliphatic rings. The Kier molecular flexibility index (Phi) is 7.36. The van der Waals surface area contributed by atoms with E-state index in [1.165, 1.54) is 0 Å². The SMILES string of the molecule is CCOc1ccc(OCC)c(C(O)C(N)CCNC)c1. The molecular formula is C15H26N2O3. The lowest BCUT2D eigenvalue weighted by Crippen LogP contribution is -2.31. The molecule has 0 heterocycles. The molecule has 20 heavy (non-hydrogen) atoms. The molecule has 0 saturated carbocycles. The Bertz CT molecular complexity index is 399. The highest BCUT2D eigenvalue weighted by Gasteiger charge is 2.21. The van der Waals surface area contributed by atoms with Crippen molar-refractivity contribution in [3.63, 3.8) is 0 Å². The molecule has 1 aromatic rings. The van der Waals surface area contributed by atoms with Gasteiger partial charge < -0.3 is 25.6 Å². The topological polar surface area (TPSA) is 76.7 Å². The molecule has 0 spiro atoms. The normalized spacial score (nSPS) is 13.8. The zero-order chi connectivity index (χ0) is 15.0. The number of hydrogen-bond donors (Lipinski definition) is 3. The van der Waals surface area contributed by atoms with Gasteiger partial charge in [-0.15, -0.1) is 0 Å². The van der Waals surface area contributed by atoms with E-state index in [2.05, 4.69) is 5.32 Å². The minimum Gasteiger partial charge on any atom is -0.494 e. The van der Waals surface area contributed by atoms with E-state index >= 15 is 0 Å². The Morgan fingerprint density at radius 1 is 1.25 bits per heavy atom. The van der Waals surface area contributed by atoms with Gasteiger partial charge in [0.05, 0.1) is 19.3 Å². The molecular weight excluding hydrogens is 256 g/mol. The molecule has 2 atom stereocenters. The van der Waals surface area contributed by atoms with Crippen molar-refractivity contribution in [1.82, 2.24) is 5.32 Å². The first kappa shape index (κ1) is 16.8. The van der Waals surface area contributed by atoms with Crippen LogP contribution in [0.2, 0.25) is 0 Å². The van der Waals surface area contributed by atoms with Gasteiger partial charge >= 0.3 is 0 Å². The van der Waals surface area contributed by atoms with Crippen LogP contribution in [-0.2, 0) is 0 Å². The molecule has 0 bridgehead atoms. The highest BCUT2D eigenvalue weighted by Crippen LogP contribution is 2.31. The van der Waals surface area contributed by atoms with Crippen molar-refractivity contribution in [2.75, 3.05) is 26.8 Å². The van der Waals surface area contributed by atoms with Crippen LogP contribution in [0.3, 0.4) is 0 Å². The molecule has 1 aromatic carbocycles. The summed E-state index contributed by atoms with van der Waals surface area (Å²) in [5, 5.41) is 13.5. The molecule has 0 amide bonds. The summed E-state index contributed by atoms with van der Waals surface area (Å²) in [5.74, 6) is 1.37. The highest BCUT2D eigenvalue weighted by molar-refractivity contribution is 5.42. The molecule has 2 unspecified atom stereocenters. The van der Waals surface area contributed by atoms with Crippen LogP contribution in [0.4, 0.5) is 0 Å². The summed E-state index contributed by atoms with van der Waals surface area (Å²) >= 11 is 0. The number of nitrogens with one attached hydrogen (secondary N) is 1. The lowest BCUT2D eigenvalue weighted by atomic mass is 9.99. The maximum Gasteiger partial charge on any atom is 0.125 e. The third kappa shape index (κ3) is 4.67. The van der Waals surface area contributed by atoms with E-state index in [9.17, 15) is 5.11 Å². The van der Waals surface area contributed by atoms with Crippen molar-refractivity contribution in [1.29, 1.82) is 0 Å². The van der Waals surface area contributed by atoms with Gasteiger partial charge in [-0.05, 0) is 52.1 Å². The Morgan fingerprint density at radius 2 is 1.95 bits per heavy atom. The second-order valence-corrected chi connectivity index (χ2v) is 4.57. The van der Waals surface area contributed by atoms with E-state index in [0.29, 0.717) is 36.7 Å². The summed E-state index contributed by atoms with van der Waals surface area (Å²) in [5.41, 5.74) is 6.72. The maximum atomic E-state index is 10.4. The fourth-order valence-electron chi connectivity index (χ4n) is 2.00. The first-order chi connectivity index (χ1) is 9.63. The number of nitrogens with two attached hydrogens (primary N) is 1. The summed E-state index contributed by atoms with van der Waals surface area (Å²) in [4.78, 5) is 0. The first-order valence-corrected chi connectivity index (χ1v) is 7.11. The zero-order valence-corrected chi connectivity index (χ0v) is 12.6. The Morgan fingerprint density at radius 3 is 2.55 bits per heavy atom. The number of ether oxygens (including phenoxy) is 2. The van der Waals surface area contributed by atoms with Crippen molar-refractivity contribution in [3.05, 3.63) is 23.8 Å². The van der Waals surface area contributed by atoms with Crippen LogP contribution in [0.5, 0.6) is 11.5 Å². The molecule has 0 fully saturated rings. The lowest BCUT2D eigenvalue weighted by molar-refractivity contribution is 0.137. The van der Waals surface area contributed by atoms with E-state index < -0.39 is 6.10 Å². The minimum atomic E-state index is -0.773. The van der Waals surface area contributed by atoms with Crippen LogP contribution in [-0.4, -0.2) is 38.0 Å². The second-order valence-electron chi connectivity index (χ2n) is 4.57. The summed E-state index contributed by atoms with van der Waals surface area (Å²) < 4.78 is 11.0. The van der Waals surface area contributed by atoms with Gasteiger partial charge in [-0.3, -0.25) is 0 Å². The van der Waals surface area contributed by atoms with E-state index in [0.717, 1.165) is 6.54 Å². The van der Waals surface area contributed by atoms with Crippen LogP contribution < -0.4 is 20.5 Å². The maximum absolute atomic E-state index is 10.4. The standard InChI is InChI=1S/C15H26N2O3/c1-4-19-11-6-7-14(20-5-2)12(10-11)15(18)13(16)8-9-17-3/h6-7,10,13,15,17-18H,4-5,8-9,16H2,1-3H3. The smallest absolute Gasteiger partial charge is 0.125 e. The lowest BCUT2D eigenvalue weighted by Gasteiger charge is -2.22. The van der Waals surface area contributed by atoms with Crippen LogP contribution >= 0.6 is 0 Å². The Hall–Kier alpha value is -1.30. The van der Waals surface area contributed by atoms with Crippen LogP contribution in [0.15, 0.2) is 18.2 Å². The van der Waals surface area contributed by atoms with Gasteiger partial charge in [0, 0.05) is 11.6 Å². The number of benzene rings is 1. The van der Waals surface area contributed by atoms with E-state index in [4.69, 9.17) is 15.2 Å². The molecule has 0 saturated heterocycles. The molecule has 1 rings (SSSR count). The number of rotatable bonds is 9. The van der Waals surface area contributed by atoms with Crippen LogP contribution in [0.25, 0.3) is 0 Å². The van der Waals surface area contributed by atoms with E-state index in [1.54, 1.807) is 6.07 Å². The molecule has 5 heteroatoms. The van der Waals surface area contributed by atoms with Crippen molar-refractivity contribution in [2.24, 2.45) is 5.73 Å². The molecule has 0 aromatic heterocycles. The van der Waals surface area contributed by atoms with Gasteiger partial charge in [-0.1, -0.05) is 0 Å². The quantitative estimate of drug-likeness (QED) is 0.639. The number of hydrogen-bond acceptors (Lipinski definition) is 5. The minimum absolute atomic E-state index is 0.349. The summed E-state index contributed by atoms with van der Waals surface area (Å²) in [6.07, 6.45) is -0.0902. The average Bonchev–Trinajstić information content (AvgIpc) is 2.46. The summed E-state index contributed by atoms with van der Waals surface area (Å²) in [6, 6.07) is 5.11. The predicted molar refractivity (Wildman–Crippen MR) is 80.3 cm³/mol. The van der Waals surface area contributed by atoms with Crippen molar-refractivity contribution in [3.8, 4) is 11.5 Å². The molecule has 0 aliphatic carbocycles. The summed E-state index contributed by atoms with van der Waals surface area (Å²) in [7, 11) is 1.86. The third-order valence-corrected chi connectivity index (χ3v) is 3.04. The Balaban J connectivity index is 2.94. The van der Waals surface area contributed by atoms with E-state index in [-0.39, 0.29) is 6.04 Å². The first-order valence-electron chi connectivity index (χ1n) is 7.11. The molecule has 0 aliphatic heterocycles. The van der Waals surface area contributed by atoms with Crippen molar-refractivity contribution >= 4 is 0 Å². The van der Waals surface area contributed by atoms with E-state index in [1.807, 2.05) is 33.0 Å².